The SMILES string of the molecule is CC(=O)C1=NN(c2cccc(Cl)c2C)[C@@H]2C(=O)N(c3ccc(C)cc3)C(=O)[C@@H]12. The van der Waals surface area contributed by atoms with Gasteiger partial charge in [0.1, 0.15) is 17.7 Å². The number of carbonyl (C=O) groups excluding carboxylic acids is 3. The smallest absolute Gasteiger partial charge is 0.259 e. The van der Waals surface area contributed by atoms with Crippen LogP contribution in [-0.2, 0) is 14.4 Å². The molecular weight excluding hydrogens is 378 g/mol. The Morgan fingerprint density at radius 1 is 1.04 bits per heavy atom. The van der Waals surface area contributed by atoms with Crippen LogP contribution in [0.25, 0.3) is 0 Å². The van der Waals surface area contributed by atoms with Crippen molar-refractivity contribution in [1.82, 2.24) is 0 Å². The van der Waals surface area contributed by atoms with E-state index in [1.807, 2.05) is 26.0 Å². The van der Waals surface area contributed by atoms with Crippen molar-refractivity contribution in [3.63, 3.8) is 0 Å². The van der Waals surface area contributed by atoms with Gasteiger partial charge >= 0.3 is 0 Å². The Hall–Kier alpha value is -2.99. The number of carbonyl (C=O) groups is 3. The lowest BCUT2D eigenvalue weighted by atomic mass is 9.95. The van der Waals surface area contributed by atoms with Crippen molar-refractivity contribution in [3.8, 4) is 0 Å². The van der Waals surface area contributed by atoms with E-state index in [1.165, 1.54) is 11.9 Å². The third kappa shape index (κ3) is 2.64. The molecule has 0 unspecified atom stereocenters. The van der Waals surface area contributed by atoms with Gasteiger partial charge in [-0.2, -0.15) is 5.10 Å². The number of aryl methyl sites for hydroxylation is 1. The fourth-order valence-electron chi connectivity index (χ4n) is 3.70. The molecule has 0 saturated carbocycles. The van der Waals surface area contributed by atoms with Crippen molar-refractivity contribution in [1.29, 1.82) is 0 Å². The quantitative estimate of drug-likeness (QED) is 0.748. The van der Waals surface area contributed by atoms with Crippen molar-refractivity contribution in [2.24, 2.45) is 11.0 Å². The van der Waals surface area contributed by atoms with Gasteiger partial charge in [0.05, 0.1) is 11.4 Å². The number of halogens is 1. The Morgan fingerprint density at radius 3 is 2.36 bits per heavy atom. The molecule has 2 amide bonds. The Morgan fingerprint density at radius 2 is 1.71 bits per heavy atom. The number of rotatable bonds is 3. The van der Waals surface area contributed by atoms with E-state index in [0.717, 1.165) is 16.0 Å². The molecule has 2 aromatic carbocycles. The maximum Gasteiger partial charge on any atom is 0.259 e. The molecule has 1 fully saturated rings. The Bertz CT molecular complexity index is 1050. The zero-order valence-electron chi connectivity index (χ0n) is 15.6. The summed E-state index contributed by atoms with van der Waals surface area (Å²) < 4.78 is 0. The molecule has 4 rings (SSSR count). The van der Waals surface area contributed by atoms with Crippen molar-refractivity contribution in [2.45, 2.75) is 26.8 Å². The molecule has 0 aliphatic carbocycles. The van der Waals surface area contributed by atoms with Crippen LogP contribution in [0.5, 0.6) is 0 Å². The number of ketones is 1. The number of fused-ring (bicyclic) bond motifs is 1. The zero-order chi connectivity index (χ0) is 20.2. The second-order valence-electron chi connectivity index (χ2n) is 7.04. The molecule has 2 aliphatic heterocycles. The number of amides is 2. The van der Waals surface area contributed by atoms with Crippen LogP contribution in [0.2, 0.25) is 5.02 Å². The second-order valence-corrected chi connectivity index (χ2v) is 7.45. The fourth-order valence-corrected chi connectivity index (χ4v) is 3.87. The second kappa shape index (κ2) is 6.56. The van der Waals surface area contributed by atoms with Crippen LogP contribution < -0.4 is 9.91 Å². The van der Waals surface area contributed by atoms with Gasteiger partial charge < -0.3 is 0 Å². The summed E-state index contributed by atoms with van der Waals surface area (Å²) in [6.45, 7) is 5.10. The summed E-state index contributed by atoms with van der Waals surface area (Å²) in [5, 5.41) is 6.35. The van der Waals surface area contributed by atoms with E-state index in [1.54, 1.807) is 30.3 Å². The Balaban J connectivity index is 1.83. The minimum absolute atomic E-state index is 0.0948. The van der Waals surface area contributed by atoms with Crippen molar-refractivity contribution in [3.05, 3.63) is 58.6 Å². The topological polar surface area (TPSA) is 70.1 Å². The molecule has 0 bridgehead atoms. The van der Waals surface area contributed by atoms with Gasteiger partial charge in [0.15, 0.2) is 5.78 Å². The number of imide groups is 1. The summed E-state index contributed by atoms with van der Waals surface area (Å²) in [5.74, 6) is -2.10. The van der Waals surface area contributed by atoms with Crippen molar-refractivity contribution >= 4 is 46.3 Å². The number of hydrogen-bond donors (Lipinski definition) is 0. The minimum Gasteiger partial charge on any atom is -0.293 e. The molecule has 0 aromatic heterocycles. The summed E-state index contributed by atoms with van der Waals surface area (Å²) in [6, 6.07) is 11.5. The summed E-state index contributed by atoms with van der Waals surface area (Å²) >= 11 is 6.23. The zero-order valence-corrected chi connectivity index (χ0v) is 16.4. The molecule has 2 aliphatic rings. The highest BCUT2D eigenvalue weighted by Gasteiger charge is 2.58. The lowest BCUT2D eigenvalue weighted by Crippen LogP contribution is -2.39. The number of hydrogen-bond acceptors (Lipinski definition) is 5. The molecule has 0 N–H and O–H groups in total. The first-order chi connectivity index (χ1) is 13.3. The highest BCUT2D eigenvalue weighted by molar-refractivity contribution is 6.49. The molecule has 2 aromatic rings. The van der Waals surface area contributed by atoms with E-state index in [9.17, 15) is 14.4 Å². The first kappa shape index (κ1) is 18.4. The average molecular weight is 396 g/mol. The lowest BCUT2D eigenvalue weighted by molar-refractivity contribution is -0.122. The normalized spacial score (nSPS) is 21.2. The van der Waals surface area contributed by atoms with E-state index in [2.05, 4.69) is 5.10 Å². The largest absolute Gasteiger partial charge is 0.293 e. The summed E-state index contributed by atoms with van der Waals surface area (Å²) in [4.78, 5) is 39.8. The maximum atomic E-state index is 13.3. The molecule has 1 saturated heterocycles. The minimum atomic E-state index is -0.926. The van der Waals surface area contributed by atoms with Crippen molar-refractivity contribution < 1.29 is 14.4 Å². The molecule has 28 heavy (non-hydrogen) atoms. The maximum absolute atomic E-state index is 13.3. The molecule has 0 spiro atoms. The fraction of sp³-hybridized carbons (Fsp3) is 0.238. The first-order valence-electron chi connectivity index (χ1n) is 8.89. The number of anilines is 2. The highest BCUT2D eigenvalue weighted by atomic mass is 35.5. The predicted octanol–water partition coefficient (Wildman–Crippen LogP) is 3.28. The monoisotopic (exact) mass is 395 g/mol. The van der Waals surface area contributed by atoms with Crippen molar-refractivity contribution in [2.75, 3.05) is 9.91 Å². The van der Waals surface area contributed by atoms with Gasteiger partial charge in [0.2, 0.25) is 5.91 Å². The number of hydrazone groups is 1. The summed E-state index contributed by atoms with van der Waals surface area (Å²) in [5.41, 5.74) is 2.93. The molecule has 2 heterocycles. The van der Waals surface area contributed by atoms with E-state index >= 15 is 0 Å². The van der Waals surface area contributed by atoms with Gasteiger partial charge in [-0.15, -0.1) is 0 Å². The van der Waals surface area contributed by atoms with Crippen LogP contribution >= 0.6 is 11.6 Å². The molecule has 0 radical (unpaired) electrons. The van der Waals surface area contributed by atoms with Gasteiger partial charge in [-0.1, -0.05) is 35.4 Å². The summed E-state index contributed by atoms with van der Waals surface area (Å²) in [7, 11) is 0. The highest BCUT2D eigenvalue weighted by Crippen LogP contribution is 2.40. The van der Waals surface area contributed by atoms with Crippen LogP contribution in [0.3, 0.4) is 0 Å². The van der Waals surface area contributed by atoms with E-state index < -0.39 is 23.8 Å². The summed E-state index contributed by atoms with van der Waals surface area (Å²) in [6.07, 6.45) is 0. The number of nitrogens with zero attached hydrogens (tertiary/aromatic N) is 3. The average Bonchev–Trinajstić information content (AvgIpc) is 3.16. The molecule has 142 valence electrons. The number of Topliss-reactive ketones (excluding diaryl/α,β-unsaturated/α-hetero) is 1. The third-order valence-electron chi connectivity index (χ3n) is 5.19. The van der Waals surface area contributed by atoms with Gasteiger partial charge in [0, 0.05) is 11.9 Å². The lowest BCUT2D eigenvalue weighted by Gasteiger charge is -2.24. The predicted molar refractivity (Wildman–Crippen MR) is 108 cm³/mol. The Kier molecular flexibility index (Phi) is 4.31. The van der Waals surface area contributed by atoms with Crippen LogP contribution in [0.4, 0.5) is 11.4 Å². The number of benzene rings is 2. The van der Waals surface area contributed by atoms with Crippen LogP contribution in [0.1, 0.15) is 18.1 Å². The van der Waals surface area contributed by atoms with Crippen LogP contribution in [-0.4, -0.2) is 29.4 Å². The van der Waals surface area contributed by atoms with E-state index in [0.29, 0.717) is 16.4 Å². The molecule has 2 atom stereocenters. The molecular formula is C21H18ClN3O3. The van der Waals surface area contributed by atoms with Gasteiger partial charge in [-0.05, 0) is 43.7 Å². The van der Waals surface area contributed by atoms with Gasteiger partial charge in [0.25, 0.3) is 5.91 Å². The van der Waals surface area contributed by atoms with Crippen LogP contribution in [0.15, 0.2) is 47.6 Å². The van der Waals surface area contributed by atoms with E-state index in [-0.39, 0.29) is 11.5 Å². The molecule has 7 heteroatoms. The molecule has 6 nitrogen and oxygen atoms in total. The van der Waals surface area contributed by atoms with Gasteiger partial charge in [-0.3, -0.25) is 19.4 Å². The van der Waals surface area contributed by atoms with E-state index in [4.69, 9.17) is 11.6 Å². The Labute approximate surface area is 167 Å². The van der Waals surface area contributed by atoms with Crippen LogP contribution in [0, 0.1) is 19.8 Å². The first-order valence-corrected chi connectivity index (χ1v) is 9.27. The third-order valence-corrected chi connectivity index (χ3v) is 5.60. The van der Waals surface area contributed by atoms with Gasteiger partial charge in [-0.25, -0.2) is 4.90 Å². The standard InChI is InChI=1S/C21H18ClN3O3/c1-11-7-9-14(10-8-11)24-20(27)17-18(13(3)26)23-25(19(17)21(24)28)16-6-4-5-15(22)12(16)2/h4-10,17,19H,1-3H3/t17-,19-/m0/s1.